The number of hydrogen-bond donors (Lipinski definition) is 3. The topological polar surface area (TPSA) is 107 Å². The third kappa shape index (κ3) is 5.83. The van der Waals surface area contributed by atoms with Crippen LogP contribution < -0.4 is 0 Å². The van der Waals surface area contributed by atoms with Crippen LogP contribution in [0, 0.1) is 17.8 Å². The van der Waals surface area contributed by atoms with Gasteiger partial charge in [-0.3, -0.25) is 4.79 Å². The van der Waals surface area contributed by atoms with E-state index < -0.39 is 58.7 Å². The summed E-state index contributed by atoms with van der Waals surface area (Å²) >= 11 is 0. The number of alkyl halides is 1. The van der Waals surface area contributed by atoms with Gasteiger partial charge in [-0.2, -0.15) is 0 Å². The van der Waals surface area contributed by atoms with E-state index in [1.54, 1.807) is 34.7 Å². The number of rotatable bonds is 1. The van der Waals surface area contributed by atoms with Crippen LogP contribution in [0.2, 0.25) is 0 Å². The molecular formula is C23H42FNO6. The first-order valence-corrected chi connectivity index (χ1v) is 11.2. The molecule has 8 heteroatoms. The van der Waals surface area contributed by atoms with E-state index in [1.165, 1.54) is 13.8 Å². The van der Waals surface area contributed by atoms with Crippen molar-refractivity contribution in [3.8, 4) is 0 Å². The van der Waals surface area contributed by atoms with Crippen LogP contribution in [0.3, 0.4) is 0 Å². The van der Waals surface area contributed by atoms with Crippen LogP contribution in [0.15, 0.2) is 0 Å². The largest absolute Gasteiger partial charge is 0.457 e. The van der Waals surface area contributed by atoms with Crippen molar-refractivity contribution in [2.45, 2.75) is 103 Å². The molecule has 0 aromatic heterocycles. The Kier molecular flexibility index (Phi) is 8.84. The number of esters is 1. The molecular weight excluding hydrogens is 405 g/mol. The van der Waals surface area contributed by atoms with Crippen molar-refractivity contribution < 1.29 is 34.0 Å². The predicted molar refractivity (Wildman–Crippen MR) is 116 cm³/mol. The second-order valence-corrected chi connectivity index (χ2v) is 10.3. The van der Waals surface area contributed by atoms with E-state index in [9.17, 15) is 24.9 Å². The number of hydrogen-bond acceptors (Lipinski definition) is 7. The predicted octanol–water partition coefficient (Wildman–Crippen LogP) is 2.10. The average Bonchev–Trinajstić information content (AvgIpc) is 2.66. The molecule has 1 aliphatic rings. The molecule has 0 spiro atoms. The summed E-state index contributed by atoms with van der Waals surface area (Å²) in [5.41, 5.74) is -6.10. The van der Waals surface area contributed by atoms with E-state index >= 15 is 4.39 Å². The Morgan fingerprint density at radius 1 is 1.13 bits per heavy atom. The maximum atomic E-state index is 15.4. The SMILES string of the molecule is CC[C@H]1OC(=O)[C@@](C)(F)C(=O)[C@H](C)[C@@H](C)[C@](C)(O)C[C@@H](C)CN(C)[C@H](C)[C@@H](O)[C@]1(C)O. The van der Waals surface area contributed by atoms with E-state index in [0.717, 1.165) is 6.92 Å². The quantitative estimate of drug-likeness (QED) is 0.417. The van der Waals surface area contributed by atoms with Gasteiger partial charge in [-0.05, 0) is 59.4 Å². The van der Waals surface area contributed by atoms with E-state index in [4.69, 9.17) is 4.74 Å². The zero-order valence-electron chi connectivity index (χ0n) is 20.5. The van der Waals surface area contributed by atoms with Crippen molar-refractivity contribution in [3.05, 3.63) is 0 Å². The normalized spacial score (nSPS) is 47.4. The Labute approximate surface area is 186 Å². The molecule has 0 amide bonds. The molecule has 0 aliphatic carbocycles. The highest BCUT2D eigenvalue weighted by molar-refractivity contribution is 6.07. The number of nitrogens with zero attached hydrogens (tertiary/aromatic N) is 1. The summed E-state index contributed by atoms with van der Waals surface area (Å²) in [7, 11) is 1.80. The van der Waals surface area contributed by atoms with Gasteiger partial charge in [0.1, 0.15) is 17.8 Å². The molecule has 0 aromatic rings. The zero-order valence-corrected chi connectivity index (χ0v) is 20.5. The van der Waals surface area contributed by atoms with E-state index in [-0.39, 0.29) is 12.3 Å². The molecule has 3 N–H and O–H groups in total. The Morgan fingerprint density at radius 3 is 2.13 bits per heavy atom. The molecule has 1 heterocycles. The van der Waals surface area contributed by atoms with Gasteiger partial charge in [0, 0.05) is 18.5 Å². The number of aliphatic hydroxyl groups excluding tert-OH is 1. The first kappa shape index (κ1) is 27.9. The standard InChI is InChI=1S/C23H42FNO6/c1-10-17-23(8,30)19(27)16(5)25(9)12-13(2)11-21(6,29)15(4)14(3)18(26)22(7,24)20(28)31-17/h13-17,19,27,29-30H,10-12H2,1-9H3/t13-,14-,15-,16-,17-,19-,21-,22+,23-/m1/s1. The summed E-state index contributed by atoms with van der Waals surface area (Å²) in [4.78, 5) is 27.5. The fourth-order valence-electron chi connectivity index (χ4n) is 4.68. The van der Waals surface area contributed by atoms with E-state index in [1.807, 2.05) is 11.8 Å². The first-order chi connectivity index (χ1) is 13.9. The summed E-state index contributed by atoms with van der Waals surface area (Å²) < 4.78 is 20.7. The monoisotopic (exact) mass is 447 g/mol. The minimum atomic E-state index is -2.95. The number of carbonyl (C=O) groups excluding carboxylic acids is 2. The van der Waals surface area contributed by atoms with Crippen molar-refractivity contribution in [1.82, 2.24) is 4.90 Å². The molecule has 1 aliphatic heterocycles. The van der Waals surface area contributed by atoms with Crippen LogP contribution in [-0.2, 0) is 14.3 Å². The summed E-state index contributed by atoms with van der Waals surface area (Å²) in [6.07, 6.45) is -2.08. The first-order valence-electron chi connectivity index (χ1n) is 11.2. The van der Waals surface area contributed by atoms with Gasteiger partial charge in [0.05, 0.1) is 5.60 Å². The third-order valence-corrected chi connectivity index (χ3v) is 7.37. The van der Waals surface area contributed by atoms with Crippen molar-refractivity contribution in [2.75, 3.05) is 13.6 Å². The minimum absolute atomic E-state index is 0.0221. The van der Waals surface area contributed by atoms with Gasteiger partial charge >= 0.3 is 5.97 Å². The minimum Gasteiger partial charge on any atom is -0.457 e. The summed E-state index contributed by atoms with van der Waals surface area (Å²) in [6.45, 7) is 12.8. The number of cyclic esters (lactones) is 1. The van der Waals surface area contributed by atoms with Crippen LogP contribution in [0.25, 0.3) is 0 Å². The van der Waals surface area contributed by atoms with Crippen molar-refractivity contribution >= 4 is 11.8 Å². The Hall–Kier alpha value is -1.09. The van der Waals surface area contributed by atoms with Gasteiger partial charge in [0.25, 0.3) is 5.67 Å². The molecule has 31 heavy (non-hydrogen) atoms. The van der Waals surface area contributed by atoms with E-state index in [0.29, 0.717) is 13.0 Å². The van der Waals surface area contributed by atoms with Gasteiger partial charge in [-0.1, -0.05) is 27.7 Å². The number of Topliss-reactive ketones (excluding diaryl/α,β-unsaturated/α-hetero) is 1. The lowest BCUT2D eigenvalue weighted by Crippen LogP contribution is -2.59. The second-order valence-electron chi connectivity index (χ2n) is 10.3. The maximum absolute atomic E-state index is 15.4. The van der Waals surface area contributed by atoms with Crippen LogP contribution in [0.4, 0.5) is 4.39 Å². The van der Waals surface area contributed by atoms with Gasteiger partial charge < -0.3 is 25.0 Å². The molecule has 0 unspecified atom stereocenters. The number of ketones is 1. The van der Waals surface area contributed by atoms with Crippen LogP contribution in [-0.4, -0.2) is 80.7 Å². The second kappa shape index (κ2) is 9.81. The highest BCUT2D eigenvalue weighted by Crippen LogP contribution is 2.35. The average molecular weight is 448 g/mol. The van der Waals surface area contributed by atoms with Gasteiger partial charge in [0.2, 0.25) is 0 Å². The highest BCUT2D eigenvalue weighted by atomic mass is 19.1. The number of aliphatic hydroxyl groups is 3. The number of carbonyl (C=O) groups is 2. The molecule has 7 nitrogen and oxygen atoms in total. The van der Waals surface area contributed by atoms with Crippen LogP contribution in [0.1, 0.15) is 68.2 Å². The van der Waals surface area contributed by atoms with Gasteiger partial charge in [0.15, 0.2) is 5.78 Å². The Balaban J connectivity index is 3.48. The Morgan fingerprint density at radius 2 is 1.65 bits per heavy atom. The fraction of sp³-hybridized carbons (Fsp3) is 0.913. The van der Waals surface area contributed by atoms with Gasteiger partial charge in [-0.15, -0.1) is 0 Å². The Bertz CT molecular complexity index is 650. The molecule has 1 fully saturated rings. The number of ether oxygens (including phenoxy) is 1. The van der Waals surface area contributed by atoms with Crippen LogP contribution in [0.5, 0.6) is 0 Å². The summed E-state index contributed by atoms with van der Waals surface area (Å²) in [6, 6.07) is -0.519. The van der Waals surface area contributed by atoms with E-state index in [2.05, 4.69) is 0 Å². The lowest BCUT2D eigenvalue weighted by Gasteiger charge is -2.42. The molecule has 1 rings (SSSR count). The summed E-state index contributed by atoms with van der Waals surface area (Å²) in [5.74, 6) is -3.97. The summed E-state index contributed by atoms with van der Waals surface area (Å²) in [5, 5.41) is 33.0. The van der Waals surface area contributed by atoms with Crippen molar-refractivity contribution in [3.63, 3.8) is 0 Å². The lowest BCUT2D eigenvalue weighted by atomic mass is 9.73. The third-order valence-electron chi connectivity index (χ3n) is 7.37. The number of likely N-dealkylation sites (N-methyl/N-ethyl adjacent to an activating group) is 1. The van der Waals surface area contributed by atoms with Crippen molar-refractivity contribution in [1.29, 1.82) is 0 Å². The number of halogens is 1. The van der Waals surface area contributed by atoms with Gasteiger partial charge in [-0.25, -0.2) is 9.18 Å². The molecule has 0 aromatic carbocycles. The smallest absolute Gasteiger partial charge is 0.351 e. The fourth-order valence-corrected chi connectivity index (χ4v) is 4.68. The lowest BCUT2D eigenvalue weighted by molar-refractivity contribution is -0.196. The zero-order chi connectivity index (χ0) is 24.5. The highest BCUT2D eigenvalue weighted by Gasteiger charge is 2.52. The molecule has 9 atom stereocenters. The van der Waals surface area contributed by atoms with Crippen molar-refractivity contribution in [2.24, 2.45) is 17.8 Å². The molecule has 182 valence electrons. The molecule has 0 radical (unpaired) electrons. The molecule has 0 bridgehead atoms. The molecule has 1 saturated heterocycles. The maximum Gasteiger partial charge on any atom is 0.351 e. The molecule has 0 saturated carbocycles. The van der Waals surface area contributed by atoms with Crippen LogP contribution >= 0.6 is 0 Å².